The van der Waals surface area contributed by atoms with E-state index in [1.807, 2.05) is 66.7 Å². The summed E-state index contributed by atoms with van der Waals surface area (Å²) in [4.78, 5) is 33.9. The lowest BCUT2D eigenvalue weighted by Gasteiger charge is -2.31. The number of aryl methyl sites for hydroxylation is 1. The zero-order valence-electron chi connectivity index (χ0n) is 20.1. The van der Waals surface area contributed by atoms with Crippen molar-refractivity contribution in [2.24, 2.45) is 10.7 Å². The number of carbonyl (C=O) groups excluding carboxylic acids is 2. The minimum absolute atomic E-state index is 0.0124. The molecule has 0 saturated heterocycles. The number of hydrogen-bond acceptors (Lipinski definition) is 5. The fourth-order valence-corrected chi connectivity index (χ4v) is 5.06. The second-order valence-electron chi connectivity index (χ2n) is 8.98. The Hall–Kier alpha value is -4.13. The van der Waals surface area contributed by atoms with Gasteiger partial charge in [0.25, 0.3) is 5.91 Å². The van der Waals surface area contributed by atoms with E-state index in [0.29, 0.717) is 6.54 Å². The smallest absolute Gasteiger partial charge is 0.266 e. The summed E-state index contributed by atoms with van der Waals surface area (Å²) in [6.07, 6.45) is 1.70. The predicted molar refractivity (Wildman–Crippen MR) is 136 cm³/mol. The van der Waals surface area contributed by atoms with Crippen LogP contribution in [0.25, 0.3) is 11.1 Å². The van der Waals surface area contributed by atoms with Crippen LogP contribution >= 0.6 is 0 Å². The van der Waals surface area contributed by atoms with Crippen LogP contribution < -0.4 is 15.4 Å². The van der Waals surface area contributed by atoms with Crippen LogP contribution in [0.4, 0.5) is 5.69 Å². The monoisotopic (exact) mass is 468 g/mol. The van der Waals surface area contributed by atoms with Gasteiger partial charge in [0.15, 0.2) is 11.5 Å². The zero-order chi connectivity index (χ0) is 24.7. The molecule has 5 rings (SSSR count). The maximum atomic E-state index is 13.8. The molecule has 0 bridgehead atoms. The molecule has 2 aliphatic heterocycles. The minimum atomic E-state index is -1.30. The summed E-state index contributed by atoms with van der Waals surface area (Å²) < 4.78 is 5.39. The van der Waals surface area contributed by atoms with Crippen molar-refractivity contribution in [3.05, 3.63) is 83.4 Å². The topological polar surface area (TPSA) is 88.2 Å². The molecule has 2 N–H and O–H groups in total. The van der Waals surface area contributed by atoms with Crippen LogP contribution in [0.2, 0.25) is 0 Å². The van der Waals surface area contributed by atoms with Crippen molar-refractivity contribution in [1.29, 1.82) is 0 Å². The highest BCUT2D eigenvalue weighted by Crippen LogP contribution is 2.42. The number of carbonyl (C=O) groups is 2. The predicted octanol–water partition coefficient (Wildman–Crippen LogP) is 3.69. The number of rotatable bonds is 4. The summed E-state index contributed by atoms with van der Waals surface area (Å²) in [5.41, 5.74) is 10.2. The number of anilines is 1. The Balaban J connectivity index is 1.68. The van der Waals surface area contributed by atoms with Gasteiger partial charge in [-0.3, -0.25) is 14.5 Å². The molecule has 0 radical (unpaired) electrons. The molecule has 0 fully saturated rings. The highest BCUT2D eigenvalue weighted by Gasteiger charge is 2.50. The molecular formula is C28H28N4O3. The Morgan fingerprint density at radius 2 is 1.74 bits per heavy atom. The van der Waals surface area contributed by atoms with Gasteiger partial charge in [0.1, 0.15) is 5.75 Å². The molecule has 1 unspecified atom stereocenters. The van der Waals surface area contributed by atoms with E-state index < -0.39 is 5.54 Å². The zero-order valence-corrected chi connectivity index (χ0v) is 20.1. The number of fused-ring (bicyclic) bond motifs is 1. The molecule has 3 aromatic rings. The van der Waals surface area contributed by atoms with Gasteiger partial charge in [-0.2, -0.15) is 0 Å². The third-order valence-corrected chi connectivity index (χ3v) is 6.92. The molecule has 0 aromatic heterocycles. The lowest BCUT2D eigenvalue weighted by Crippen LogP contribution is -2.41. The Bertz CT molecular complexity index is 1370. The summed E-state index contributed by atoms with van der Waals surface area (Å²) in [5, 5.41) is 0. The number of amides is 2. The van der Waals surface area contributed by atoms with Crippen LogP contribution in [0, 0.1) is 0 Å². The molecule has 0 saturated carbocycles. The van der Waals surface area contributed by atoms with Crippen molar-refractivity contribution in [3.63, 3.8) is 0 Å². The van der Waals surface area contributed by atoms with E-state index in [0.717, 1.165) is 52.1 Å². The van der Waals surface area contributed by atoms with Gasteiger partial charge >= 0.3 is 0 Å². The summed E-state index contributed by atoms with van der Waals surface area (Å²) >= 11 is 0. The fourth-order valence-electron chi connectivity index (χ4n) is 5.06. The van der Waals surface area contributed by atoms with Crippen LogP contribution in [-0.4, -0.2) is 43.4 Å². The third kappa shape index (κ3) is 3.64. The molecule has 2 amide bonds. The van der Waals surface area contributed by atoms with Crippen LogP contribution in [0.5, 0.6) is 5.75 Å². The maximum absolute atomic E-state index is 13.8. The van der Waals surface area contributed by atoms with Gasteiger partial charge < -0.3 is 15.4 Å². The molecule has 3 aromatic carbocycles. The fraction of sp³-hybridized carbons (Fsp3) is 0.250. The van der Waals surface area contributed by atoms with Gasteiger partial charge in [-0.05, 0) is 64.9 Å². The lowest BCUT2D eigenvalue weighted by atomic mass is 9.80. The number of benzene rings is 3. The molecule has 7 heteroatoms. The summed E-state index contributed by atoms with van der Waals surface area (Å²) in [6.45, 7) is 2.28. The van der Waals surface area contributed by atoms with E-state index in [4.69, 9.17) is 15.5 Å². The van der Waals surface area contributed by atoms with E-state index in [1.54, 1.807) is 26.0 Å². The first kappa shape index (κ1) is 22.7. The normalized spacial score (nSPS) is 19.4. The Morgan fingerprint density at radius 1 is 1.03 bits per heavy atom. The molecule has 2 heterocycles. The first-order valence-corrected chi connectivity index (χ1v) is 11.6. The van der Waals surface area contributed by atoms with Gasteiger partial charge in [0, 0.05) is 26.2 Å². The summed E-state index contributed by atoms with van der Waals surface area (Å²) in [7, 11) is 3.28. The first-order chi connectivity index (χ1) is 16.8. The van der Waals surface area contributed by atoms with Crippen molar-refractivity contribution in [3.8, 4) is 16.9 Å². The average Bonchev–Trinajstić information content (AvgIpc) is 3.12. The third-order valence-electron chi connectivity index (χ3n) is 6.92. The number of guanidine groups is 1. The Kier molecular flexibility index (Phi) is 5.55. The lowest BCUT2D eigenvalue weighted by molar-refractivity contribution is -0.129. The number of likely N-dealkylation sites (N-methyl/N-ethyl adjacent to an activating group) is 1. The maximum Gasteiger partial charge on any atom is 0.266 e. The van der Waals surface area contributed by atoms with Crippen LogP contribution in [0.15, 0.2) is 71.7 Å². The highest BCUT2D eigenvalue weighted by atomic mass is 16.5. The van der Waals surface area contributed by atoms with E-state index in [-0.39, 0.29) is 17.8 Å². The second-order valence-corrected chi connectivity index (χ2v) is 8.98. The molecule has 0 aliphatic carbocycles. The van der Waals surface area contributed by atoms with Crippen molar-refractivity contribution in [1.82, 2.24) is 4.90 Å². The SMILES string of the molecule is COc1cccc(-c2cccc(C3(c4ccc5c(c4)CCCN5C(C)=O)N=C(N)N(C)C3=O)c2)c1. The molecular weight excluding hydrogens is 440 g/mol. The van der Waals surface area contributed by atoms with Gasteiger partial charge in [-0.1, -0.05) is 42.5 Å². The molecule has 2 aliphatic rings. The van der Waals surface area contributed by atoms with E-state index in [9.17, 15) is 9.59 Å². The van der Waals surface area contributed by atoms with Gasteiger partial charge in [-0.15, -0.1) is 0 Å². The second kappa shape index (κ2) is 8.58. The van der Waals surface area contributed by atoms with Crippen LogP contribution in [0.3, 0.4) is 0 Å². The van der Waals surface area contributed by atoms with Crippen molar-refractivity contribution >= 4 is 23.5 Å². The van der Waals surface area contributed by atoms with E-state index >= 15 is 0 Å². The molecule has 178 valence electrons. The standard InChI is InChI=1S/C28H28N4O3/c1-18(33)32-14-6-9-21-16-23(12-13-25(21)32)28(26(34)31(2)27(29)30-28)22-10-4-7-19(15-22)20-8-5-11-24(17-20)35-3/h4-5,7-8,10-13,15-17H,6,9,14H2,1-3H3,(H2,29,30). The number of nitrogens with two attached hydrogens (primary N) is 1. The van der Waals surface area contributed by atoms with Crippen molar-refractivity contribution < 1.29 is 14.3 Å². The Labute approximate surface area is 204 Å². The van der Waals surface area contributed by atoms with Crippen LogP contribution in [-0.2, 0) is 21.5 Å². The Morgan fingerprint density at radius 3 is 2.43 bits per heavy atom. The molecule has 7 nitrogen and oxygen atoms in total. The number of ether oxygens (including phenoxy) is 1. The van der Waals surface area contributed by atoms with Gasteiger partial charge in [0.05, 0.1) is 7.11 Å². The first-order valence-electron chi connectivity index (χ1n) is 11.6. The number of aliphatic imine (C=N–C) groups is 1. The van der Waals surface area contributed by atoms with Crippen molar-refractivity contribution in [2.45, 2.75) is 25.3 Å². The van der Waals surface area contributed by atoms with Crippen LogP contribution in [0.1, 0.15) is 30.0 Å². The molecule has 35 heavy (non-hydrogen) atoms. The van der Waals surface area contributed by atoms with Gasteiger partial charge in [0.2, 0.25) is 5.91 Å². The highest BCUT2D eigenvalue weighted by molar-refractivity contribution is 6.09. The van der Waals surface area contributed by atoms with Crippen molar-refractivity contribution in [2.75, 3.05) is 25.6 Å². The number of hydrogen-bond donors (Lipinski definition) is 1. The molecule has 1 atom stereocenters. The quantitative estimate of drug-likeness (QED) is 0.633. The molecule has 0 spiro atoms. The number of nitrogens with zero attached hydrogens (tertiary/aromatic N) is 3. The summed E-state index contributed by atoms with van der Waals surface area (Å²) in [5.74, 6) is 0.728. The van der Waals surface area contributed by atoms with Gasteiger partial charge in [-0.25, -0.2) is 4.99 Å². The summed E-state index contributed by atoms with van der Waals surface area (Å²) in [6, 6.07) is 21.5. The minimum Gasteiger partial charge on any atom is -0.497 e. The average molecular weight is 469 g/mol. The van der Waals surface area contributed by atoms with E-state index in [1.165, 1.54) is 4.90 Å². The number of methoxy groups -OCH3 is 1. The largest absolute Gasteiger partial charge is 0.497 e. The van der Waals surface area contributed by atoms with E-state index in [2.05, 4.69) is 0 Å².